The summed E-state index contributed by atoms with van der Waals surface area (Å²) < 4.78 is 5.75. The number of carbonyl (C=O) groups is 2. The van der Waals surface area contributed by atoms with Crippen LogP contribution in [0, 0.1) is 6.92 Å². The van der Waals surface area contributed by atoms with Gasteiger partial charge in [-0.2, -0.15) is 0 Å². The minimum atomic E-state index is -0.336. The molecule has 2 saturated heterocycles. The number of hydrogen-bond acceptors (Lipinski definition) is 4. The fourth-order valence-electron chi connectivity index (χ4n) is 3.55. The third-order valence-electron chi connectivity index (χ3n) is 5.02. The molecule has 2 fully saturated rings. The van der Waals surface area contributed by atoms with Crippen molar-refractivity contribution in [1.82, 2.24) is 9.88 Å². The number of fused-ring (bicyclic) bond motifs is 1. The molecule has 0 bridgehead atoms. The highest BCUT2D eigenvalue weighted by Gasteiger charge is 2.47. The number of carbonyl (C=O) groups excluding carboxylic acids is 2. The Bertz CT molecular complexity index is 861. The van der Waals surface area contributed by atoms with Crippen molar-refractivity contribution in [2.75, 3.05) is 11.4 Å². The second kappa shape index (κ2) is 7.19. The van der Waals surface area contributed by atoms with Gasteiger partial charge in [0, 0.05) is 11.6 Å². The van der Waals surface area contributed by atoms with E-state index < -0.39 is 0 Å². The molecule has 1 atom stereocenters. The van der Waals surface area contributed by atoms with Gasteiger partial charge >= 0.3 is 6.03 Å². The Balaban J connectivity index is 1.45. The number of aromatic nitrogens is 1. The van der Waals surface area contributed by atoms with E-state index in [1.54, 1.807) is 17.0 Å². The standard InChI is InChI=1S/C20H20ClN3O3/c1-13-10-14(5-7-16(13)21)12-27-15-6-8-18(22-11-15)24-19(25)17-4-2-3-9-23(17)20(24)26/h5-8,10-11,17H,2-4,9,12H2,1H3. The molecule has 7 heteroatoms. The van der Waals surface area contributed by atoms with Gasteiger partial charge in [0.2, 0.25) is 0 Å². The number of anilines is 1. The maximum Gasteiger partial charge on any atom is 0.333 e. The number of imide groups is 1. The van der Waals surface area contributed by atoms with E-state index in [9.17, 15) is 9.59 Å². The molecule has 1 unspecified atom stereocenters. The van der Waals surface area contributed by atoms with Gasteiger partial charge in [0.25, 0.3) is 5.91 Å². The first-order chi connectivity index (χ1) is 13.0. The third-order valence-corrected chi connectivity index (χ3v) is 5.45. The summed E-state index contributed by atoms with van der Waals surface area (Å²) in [6.45, 7) is 2.96. The van der Waals surface area contributed by atoms with Gasteiger partial charge in [-0.3, -0.25) is 4.79 Å². The fourth-order valence-corrected chi connectivity index (χ4v) is 3.67. The van der Waals surface area contributed by atoms with Crippen LogP contribution >= 0.6 is 11.6 Å². The molecule has 1 aromatic carbocycles. The fraction of sp³-hybridized carbons (Fsp3) is 0.350. The van der Waals surface area contributed by atoms with E-state index in [2.05, 4.69) is 4.98 Å². The normalized spacial score (nSPS) is 19.4. The Morgan fingerprint density at radius 2 is 2.07 bits per heavy atom. The minimum absolute atomic E-state index is 0.183. The molecule has 140 valence electrons. The zero-order valence-electron chi connectivity index (χ0n) is 15.0. The van der Waals surface area contributed by atoms with E-state index >= 15 is 0 Å². The van der Waals surface area contributed by atoms with Crippen LogP contribution in [0.3, 0.4) is 0 Å². The van der Waals surface area contributed by atoms with Crippen molar-refractivity contribution in [3.63, 3.8) is 0 Å². The molecular weight excluding hydrogens is 366 g/mol. The minimum Gasteiger partial charge on any atom is -0.487 e. The highest BCUT2D eigenvalue weighted by molar-refractivity contribution is 6.31. The molecule has 0 aliphatic carbocycles. The van der Waals surface area contributed by atoms with E-state index in [-0.39, 0.29) is 18.0 Å². The lowest BCUT2D eigenvalue weighted by Crippen LogP contribution is -2.39. The number of urea groups is 1. The number of pyridine rings is 1. The molecule has 6 nitrogen and oxygen atoms in total. The van der Waals surface area contributed by atoms with Crippen molar-refractivity contribution in [2.45, 2.75) is 38.8 Å². The first-order valence-electron chi connectivity index (χ1n) is 9.03. The summed E-state index contributed by atoms with van der Waals surface area (Å²) in [5.74, 6) is 0.731. The maximum atomic E-state index is 12.6. The summed E-state index contributed by atoms with van der Waals surface area (Å²) in [5.41, 5.74) is 2.00. The highest BCUT2D eigenvalue weighted by Crippen LogP contribution is 2.30. The average Bonchev–Trinajstić information content (AvgIpc) is 2.94. The van der Waals surface area contributed by atoms with E-state index in [0.717, 1.165) is 35.4 Å². The monoisotopic (exact) mass is 385 g/mol. The summed E-state index contributed by atoms with van der Waals surface area (Å²) in [5, 5.41) is 0.723. The summed E-state index contributed by atoms with van der Waals surface area (Å²) in [6.07, 6.45) is 4.17. The number of rotatable bonds is 4. The van der Waals surface area contributed by atoms with Crippen LogP contribution in [0.4, 0.5) is 10.6 Å². The second-order valence-electron chi connectivity index (χ2n) is 6.89. The highest BCUT2D eigenvalue weighted by atomic mass is 35.5. The summed E-state index contributed by atoms with van der Waals surface area (Å²) in [6, 6.07) is 8.49. The van der Waals surface area contributed by atoms with Crippen LogP contribution in [0.2, 0.25) is 5.02 Å². The SMILES string of the molecule is Cc1cc(COc2ccc(N3C(=O)C4CCCCN4C3=O)nc2)ccc1Cl. The largest absolute Gasteiger partial charge is 0.487 e. The van der Waals surface area contributed by atoms with Crippen molar-refractivity contribution in [3.05, 3.63) is 52.7 Å². The van der Waals surface area contributed by atoms with Crippen LogP contribution in [0.1, 0.15) is 30.4 Å². The molecule has 0 N–H and O–H groups in total. The molecule has 0 spiro atoms. The Labute approximate surface area is 162 Å². The number of benzene rings is 1. The van der Waals surface area contributed by atoms with Crippen molar-refractivity contribution in [2.24, 2.45) is 0 Å². The first-order valence-corrected chi connectivity index (χ1v) is 9.41. The third kappa shape index (κ3) is 3.37. The van der Waals surface area contributed by atoms with Crippen LogP contribution in [0.5, 0.6) is 5.75 Å². The lowest BCUT2D eigenvalue weighted by molar-refractivity contribution is -0.120. The van der Waals surface area contributed by atoms with Gasteiger partial charge in [-0.1, -0.05) is 23.7 Å². The molecule has 2 aliphatic heterocycles. The molecule has 0 saturated carbocycles. The van der Waals surface area contributed by atoms with Gasteiger partial charge < -0.3 is 9.64 Å². The zero-order valence-corrected chi connectivity index (χ0v) is 15.8. The first kappa shape index (κ1) is 17.8. The number of nitrogens with zero attached hydrogens (tertiary/aromatic N) is 3. The molecule has 27 heavy (non-hydrogen) atoms. The van der Waals surface area contributed by atoms with Crippen LogP contribution in [0.15, 0.2) is 36.5 Å². The summed E-state index contributed by atoms with van der Waals surface area (Å²) in [7, 11) is 0. The number of aryl methyl sites for hydroxylation is 1. The molecule has 0 radical (unpaired) electrons. The van der Waals surface area contributed by atoms with Gasteiger partial charge in [-0.15, -0.1) is 0 Å². The van der Waals surface area contributed by atoms with E-state index in [4.69, 9.17) is 16.3 Å². The van der Waals surface area contributed by atoms with Crippen molar-refractivity contribution in [3.8, 4) is 5.75 Å². The summed E-state index contributed by atoms with van der Waals surface area (Å²) >= 11 is 6.03. The number of hydrogen-bond donors (Lipinski definition) is 0. The Morgan fingerprint density at radius 3 is 2.78 bits per heavy atom. The molecule has 2 aliphatic rings. The van der Waals surface area contributed by atoms with Gasteiger partial charge in [-0.25, -0.2) is 14.7 Å². The van der Waals surface area contributed by atoms with Gasteiger partial charge in [-0.05, 0) is 55.5 Å². The predicted octanol–water partition coefficient (Wildman–Crippen LogP) is 3.94. The van der Waals surface area contributed by atoms with Crippen LogP contribution in [0.25, 0.3) is 0 Å². The Hall–Kier alpha value is -2.60. The topological polar surface area (TPSA) is 62.7 Å². The average molecular weight is 386 g/mol. The number of amides is 3. The molecule has 1 aromatic heterocycles. The van der Waals surface area contributed by atoms with Crippen LogP contribution in [-0.2, 0) is 11.4 Å². The molecule has 4 rings (SSSR count). The van der Waals surface area contributed by atoms with Gasteiger partial charge in [0.05, 0.1) is 6.20 Å². The Morgan fingerprint density at radius 1 is 1.22 bits per heavy atom. The second-order valence-corrected chi connectivity index (χ2v) is 7.29. The quantitative estimate of drug-likeness (QED) is 0.748. The van der Waals surface area contributed by atoms with Crippen molar-refractivity contribution < 1.29 is 14.3 Å². The van der Waals surface area contributed by atoms with Crippen LogP contribution in [-0.4, -0.2) is 34.4 Å². The molecule has 2 aromatic rings. The lowest BCUT2D eigenvalue weighted by atomic mass is 10.0. The predicted molar refractivity (Wildman–Crippen MR) is 102 cm³/mol. The summed E-state index contributed by atoms with van der Waals surface area (Å²) in [4.78, 5) is 32.3. The van der Waals surface area contributed by atoms with Crippen LogP contribution < -0.4 is 9.64 Å². The van der Waals surface area contributed by atoms with E-state index in [1.807, 2.05) is 25.1 Å². The molecular formula is C20H20ClN3O3. The Kier molecular flexibility index (Phi) is 4.74. The number of piperidine rings is 1. The zero-order chi connectivity index (χ0) is 19.0. The molecule has 3 amide bonds. The smallest absolute Gasteiger partial charge is 0.333 e. The van der Waals surface area contributed by atoms with Crippen molar-refractivity contribution >= 4 is 29.4 Å². The number of halogens is 1. The van der Waals surface area contributed by atoms with E-state index in [0.29, 0.717) is 24.7 Å². The molecule has 3 heterocycles. The lowest BCUT2D eigenvalue weighted by Gasteiger charge is -2.25. The van der Waals surface area contributed by atoms with Gasteiger partial charge in [0.1, 0.15) is 24.2 Å². The maximum absolute atomic E-state index is 12.6. The number of ether oxygens (including phenoxy) is 1. The van der Waals surface area contributed by atoms with Crippen molar-refractivity contribution in [1.29, 1.82) is 0 Å². The van der Waals surface area contributed by atoms with Gasteiger partial charge in [0.15, 0.2) is 0 Å². The van der Waals surface area contributed by atoms with E-state index in [1.165, 1.54) is 11.1 Å².